The van der Waals surface area contributed by atoms with Gasteiger partial charge in [0.25, 0.3) is 0 Å². The van der Waals surface area contributed by atoms with Crippen molar-refractivity contribution in [3.8, 4) is 0 Å². The summed E-state index contributed by atoms with van der Waals surface area (Å²) in [5, 5.41) is 9.12. The zero-order valence-corrected chi connectivity index (χ0v) is 11.1. The average Bonchev–Trinajstić information content (AvgIpc) is 2.44. The first-order valence-electron chi connectivity index (χ1n) is 6.49. The lowest BCUT2D eigenvalue weighted by Gasteiger charge is -2.21. The molecule has 20 heavy (non-hydrogen) atoms. The first-order chi connectivity index (χ1) is 9.67. The van der Waals surface area contributed by atoms with Crippen LogP contribution in [0.4, 0.5) is 8.78 Å². The lowest BCUT2D eigenvalue weighted by Crippen LogP contribution is -2.26. The van der Waals surface area contributed by atoms with E-state index in [0.29, 0.717) is 19.6 Å². The third-order valence-corrected chi connectivity index (χ3v) is 3.06. The highest BCUT2D eigenvalue weighted by atomic mass is 19.1. The van der Waals surface area contributed by atoms with Gasteiger partial charge in [0, 0.05) is 19.6 Å². The molecule has 2 aromatic carbocycles. The Bertz CT molecular complexity index is 478. The van der Waals surface area contributed by atoms with E-state index >= 15 is 0 Å². The maximum atomic E-state index is 12.9. The Morgan fingerprint density at radius 2 is 1.15 bits per heavy atom. The van der Waals surface area contributed by atoms with Crippen LogP contribution in [0.15, 0.2) is 48.5 Å². The molecule has 0 amide bonds. The van der Waals surface area contributed by atoms with Gasteiger partial charge in [0.1, 0.15) is 11.6 Å². The van der Waals surface area contributed by atoms with E-state index in [-0.39, 0.29) is 18.2 Å². The van der Waals surface area contributed by atoms with Crippen LogP contribution in [0.2, 0.25) is 0 Å². The summed E-state index contributed by atoms with van der Waals surface area (Å²) < 4.78 is 25.7. The van der Waals surface area contributed by atoms with E-state index < -0.39 is 0 Å². The topological polar surface area (TPSA) is 23.5 Å². The molecule has 0 unspecified atom stereocenters. The van der Waals surface area contributed by atoms with Gasteiger partial charge in [0.05, 0.1) is 6.61 Å². The highest BCUT2D eigenvalue weighted by Gasteiger charge is 2.07. The third-order valence-electron chi connectivity index (χ3n) is 3.06. The Kier molecular flexibility index (Phi) is 5.21. The van der Waals surface area contributed by atoms with Crippen molar-refractivity contribution in [3.05, 3.63) is 71.3 Å². The summed E-state index contributed by atoms with van der Waals surface area (Å²) in [4.78, 5) is 2.03. The second-order valence-electron chi connectivity index (χ2n) is 4.69. The molecule has 0 spiro atoms. The van der Waals surface area contributed by atoms with Crippen LogP contribution >= 0.6 is 0 Å². The van der Waals surface area contributed by atoms with Crippen LogP contribution in [0.3, 0.4) is 0 Å². The molecule has 2 rings (SSSR count). The number of nitrogens with zero attached hydrogens (tertiary/aromatic N) is 1. The van der Waals surface area contributed by atoms with Crippen molar-refractivity contribution < 1.29 is 13.9 Å². The lowest BCUT2D eigenvalue weighted by atomic mass is 10.1. The van der Waals surface area contributed by atoms with E-state index in [1.54, 1.807) is 24.3 Å². The van der Waals surface area contributed by atoms with Crippen molar-refractivity contribution in [1.82, 2.24) is 4.90 Å². The summed E-state index contributed by atoms with van der Waals surface area (Å²) in [6.07, 6.45) is 0. The van der Waals surface area contributed by atoms with Crippen molar-refractivity contribution in [2.75, 3.05) is 13.2 Å². The highest BCUT2D eigenvalue weighted by molar-refractivity contribution is 5.18. The van der Waals surface area contributed by atoms with Crippen molar-refractivity contribution in [3.63, 3.8) is 0 Å². The van der Waals surface area contributed by atoms with E-state index in [0.717, 1.165) is 11.1 Å². The first kappa shape index (κ1) is 14.6. The summed E-state index contributed by atoms with van der Waals surface area (Å²) in [7, 11) is 0. The van der Waals surface area contributed by atoms with Crippen molar-refractivity contribution in [2.45, 2.75) is 13.1 Å². The largest absolute Gasteiger partial charge is 0.395 e. The number of hydrogen-bond donors (Lipinski definition) is 1. The second kappa shape index (κ2) is 7.12. The van der Waals surface area contributed by atoms with Gasteiger partial charge < -0.3 is 5.11 Å². The fourth-order valence-electron chi connectivity index (χ4n) is 2.05. The average molecular weight is 277 g/mol. The first-order valence-corrected chi connectivity index (χ1v) is 6.49. The normalized spacial score (nSPS) is 11.0. The minimum atomic E-state index is -0.263. The van der Waals surface area contributed by atoms with Crippen LogP contribution in [-0.2, 0) is 13.1 Å². The zero-order valence-electron chi connectivity index (χ0n) is 11.1. The molecule has 0 saturated carbocycles. The van der Waals surface area contributed by atoms with Gasteiger partial charge in [-0.15, -0.1) is 0 Å². The molecule has 0 heterocycles. The van der Waals surface area contributed by atoms with Crippen LogP contribution in [0.5, 0.6) is 0 Å². The molecule has 0 aromatic heterocycles. The van der Waals surface area contributed by atoms with Gasteiger partial charge in [-0.3, -0.25) is 4.90 Å². The molecule has 0 aliphatic heterocycles. The number of rotatable bonds is 6. The summed E-state index contributed by atoms with van der Waals surface area (Å²) in [5.74, 6) is -0.526. The van der Waals surface area contributed by atoms with Gasteiger partial charge in [-0.2, -0.15) is 0 Å². The van der Waals surface area contributed by atoms with E-state index in [2.05, 4.69) is 0 Å². The summed E-state index contributed by atoms with van der Waals surface area (Å²) in [6.45, 7) is 1.77. The van der Waals surface area contributed by atoms with E-state index in [1.807, 2.05) is 4.90 Å². The third kappa shape index (κ3) is 4.40. The molecule has 0 atom stereocenters. The minimum Gasteiger partial charge on any atom is -0.395 e. The number of benzene rings is 2. The summed E-state index contributed by atoms with van der Waals surface area (Å²) in [5.41, 5.74) is 1.95. The predicted molar refractivity (Wildman–Crippen MR) is 74.0 cm³/mol. The number of aliphatic hydroxyl groups excluding tert-OH is 1. The molecule has 2 nitrogen and oxygen atoms in total. The maximum Gasteiger partial charge on any atom is 0.123 e. The second-order valence-corrected chi connectivity index (χ2v) is 4.69. The highest BCUT2D eigenvalue weighted by Crippen LogP contribution is 2.11. The Labute approximate surface area is 117 Å². The zero-order chi connectivity index (χ0) is 14.4. The molecule has 0 aliphatic rings. The van der Waals surface area contributed by atoms with Gasteiger partial charge in [-0.1, -0.05) is 24.3 Å². The molecule has 106 valence electrons. The van der Waals surface area contributed by atoms with Gasteiger partial charge >= 0.3 is 0 Å². The van der Waals surface area contributed by atoms with Gasteiger partial charge in [-0.25, -0.2) is 8.78 Å². The number of halogens is 2. The van der Waals surface area contributed by atoms with Crippen LogP contribution in [-0.4, -0.2) is 23.2 Å². The standard InChI is InChI=1S/C16H17F2NO/c17-15-5-1-13(2-6-15)11-19(9-10-20)12-14-3-7-16(18)8-4-14/h1-8,20H,9-12H2. The quantitative estimate of drug-likeness (QED) is 0.877. The Hall–Kier alpha value is -1.78. The summed E-state index contributed by atoms with van der Waals surface area (Å²) >= 11 is 0. The van der Waals surface area contributed by atoms with Gasteiger partial charge in [0.2, 0.25) is 0 Å². The predicted octanol–water partition coefficient (Wildman–Crippen LogP) is 2.96. The molecule has 0 aliphatic carbocycles. The monoisotopic (exact) mass is 277 g/mol. The lowest BCUT2D eigenvalue weighted by molar-refractivity contribution is 0.184. The fraction of sp³-hybridized carbons (Fsp3) is 0.250. The van der Waals surface area contributed by atoms with Crippen molar-refractivity contribution >= 4 is 0 Å². The van der Waals surface area contributed by atoms with Crippen molar-refractivity contribution in [1.29, 1.82) is 0 Å². The fourth-order valence-corrected chi connectivity index (χ4v) is 2.05. The van der Waals surface area contributed by atoms with Gasteiger partial charge in [0.15, 0.2) is 0 Å². The summed E-state index contributed by atoms with van der Waals surface area (Å²) in [6, 6.07) is 12.6. The van der Waals surface area contributed by atoms with E-state index in [9.17, 15) is 8.78 Å². The molecule has 0 saturated heterocycles. The molecular weight excluding hydrogens is 260 g/mol. The molecule has 1 N–H and O–H groups in total. The molecule has 2 aromatic rings. The van der Waals surface area contributed by atoms with Crippen molar-refractivity contribution in [2.24, 2.45) is 0 Å². The molecule has 0 fully saturated rings. The Morgan fingerprint density at radius 1 is 0.750 bits per heavy atom. The van der Waals surface area contributed by atoms with Gasteiger partial charge in [-0.05, 0) is 35.4 Å². The molecule has 4 heteroatoms. The Morgan fingerprint density at radius 3 is 1.50 bits per heavy atom. The SMILES string of the molecule is OCCN(Cc1ccc(F)cc1)Cc1ccc(F)cc1. The molecule has 0 radical (unpaired) electrons. The smallest absolute Gasteiger partial charge is 0.123 e. The van der Waals surface area contributed by atoms with Crippen LogP contribution in [0.25, 0.3) is 0 Å². The Balaban J connectivity index is 2.02. The van der Waals surface area contributed by atoms with Crippen LogP contribution in [0.1, 0.15) is 11.1 Å². The van der Waals surface area contributed by atoms with Crippen LogP contribution < -0.4 is 0 Å². The van der Waals surface area contributed by atoms with Crippen LogP contribution in [0, 0.1) is 11.6 Å². The number of hydrogen-bond acceptors (Lipinski definition) is 2. The van der Waals surface area contributed by atoms with E-state index in [4.69, 9.17) is 5.11 Å². The molecule has 0 bridgehead atoms. The number of aliphatic hydroxyl groups is 1. The molecular formula is C16H17F2NO. The minimum absolute atomic E-state index is 0.0440. The van der Waals surface area contributed by atoms with E-state index in [1.165, 1.54) is 24.3 Å². The maximum absolute atomic E-state index is 12.9.